The Kier molecular flexibility index (Phi) is 3.64. The Morgan fingerprint density at radius 1 is 0.864 bits per heavy atom. The van der Waals surface area contributed by atoms with Crippen LogP contribution in [0.2, 0.25) is 20.1 Å². The molecule has 114 valence electrons. The summed E-state index contributed by atoms with van der Waals surface area (Å²) in [4.78, 5) is 26.0. The summed E-state index contributed by atoms with van der Waals surface area (Å²) in [6.45, 7) is 3.36. The highest BCUT2D eigenvalue weighted by atomic mass is 35.5. The number of fused-ring (bicyclic) bond motifs is 1. The zero-order valence-corrected chi connectivity index (χ0v) is 14.2. The molecule has 0 spiro atoms. The highest BCUT2D eigenvalue weighted by Gasteiger charge is 2.44. The van der Waals surface area contributed by atoms with Crippen molar-refractivity contribution in [2.45, 2.75) is 13.8 Å². The van der Waals surface area contributed by atoms with Crippen molar-refractivity contribution in [3.63, 3.8) is 0 Å². The number of rotatable bonds is 1. The van der Waals surface area contributed by atoms with Crippen LogP contribution in [0.3, 0.4) is 0 Å². The van der Waals surface area contributed by atoms with E-state index >= 15 is 0 Å². The molecule has 2 heterocycles. The third-order valence-electron chi connectivity index (χ3n) is 3.44. The lowest BCUT2D eigenvalue weighted by Crippen LogP contribution is -2.29. The zero-order valence-electron chi connectivity index (χ0n) is 11.1. The molecule has 0 saturated heterocycles. The molecule has 0 fully saturated rings. The Balaban J connectivity index is 2.28. The second kappa shape index (κ2) is 5.13. The van der Waals surface area contributed by atoms with E-state index in [-0.39, 0.29) is 37.1 Å². The molecule has 1 aliphatic heterocycles. The minimum Gasteiger partial charge on any atom is -0.337 e. The molecule has 2 amide bonds. The van der Waals surface area contributed by atoms with Crippen LogP contribution in [0, 0.1) is 13.8 Å². The van der Waals surface area contributed by atoms with Crippen LogP contribution in [0.15, 0.2) is 4.52 Å². The van der Waals surface area contributed by atoms with E-state index in [4.69, 9.17) is 50.9 Å². The lowest BCUT2D eigenvalue weighted by Gasteiger charge is -2.09. The van der Waals surface area contributed by atoms with E-state index in [1.807, 2.05) is 0 Å². The van der Waals surface area contributed by atoms with E-state index in [0.717, 1.165) is 4.90 Å². The Morgan fingerprint density at radius 3 is 1.68 bits per heavy atom. The molecule has 0 radical (unpaired) electrons. The number of nitrogens with zero attached hydrogens (tertiary/aromatic N) is 2. The molecule has 0 bridgehead atoms. The summed E-state index contributed by atoms with van der Waals surface area (Å²) in [7, 11) is 0. The molecule has 5 nitrogen and oxygen atoms in total. The first-order valence-electron chi connectivity index (χ1n) is 5.95. The topological polar surface area (TPSA) is 63.4 Å². The fourth-order valence-electron chi connectivity index (χ4n) is 2.15. The summed E-state index contributed by atoms with van der Waals surface area (Å²) in [5.41, 5.74) is 0.915. The molecule has 2 aromatic rings. The SMILES string of the molecule is Cc1noc(N2C(=O)c3c(Cl)c(Cl)c(Cl)c(Cl)c3C2=O)c1C. The van der Waals surface area contributed by atoms with E-state index in [1.165, 1.54) is 0 Å². The van der Waals surface area contributed by atoms with Gasteiger partial charge in [0.25, 0.3) is 11.8 Å². The first-order valence-corrected chi connectivity index (χ1v) is 7.46. The van der Waals surface area contributed by atoms with Gasteiger partial charge in [-0.25, -0.2) is 4.90 Å². The molecule has 22 heavy (non-hydrogen) atoms. The van der Waals surface area contributed by atoms with Crippen molar-refractivity contribution in [1.29, 1.82) is 0 Å². The average molecular weight is 380 g/mol. The van der Waals surface area contributed by atoms with E-state index in [2.05, 4.69) is 5.16 Å². The van der Waals surface area contributed by atoms with Gasteiger partial charge in [-0.1, -0.05) is 51.6 Å². The quantitative estimate of drug-likeness (QED) is 0.409. The van der Waals surface area contributed by atoms with Crippen LogP contribution in [0.4, 0.5) is 5.88 Å². The van der Waals surface area contributed by atoms with Crippen LogP contribution in [0.1, 0.15) is 32.0 Å². The summed E-state index contributed by atoms with van der Waals surface area (Å²) < 4.78 is 5.07. The van der Waals surface area contributed by atoms with Crippen molar-refractivity contribution in [2.24, 2.45) is 0 Å². The number of imide groups is 1. The van der Waals surface area contributed by atoms with Gasteiger partial charge in [0.2, 0.25) is 5.88 Å². The van der Waals surface area contributed by atoms with Gasteiger partial charge in [0.15, 0.2) is 0 Å². The zero-order chi connectivity index (χ0) is 16.3. The number of halogens is 4. The van der Waals surface area contributed by atoms with Gasteiger partial charge in [-0.05, 0) is 13.8 Å². The largest absolute Gasteiger partial charge is 0.337 e. The van der Waals surface area contributed by atoms with Gasteiger partial charge in [-0.3, -0.25) is 9.59 Å². The van der Waals surface area contributed by atoms with Crippen molar-refractivity contribution in [3.8, 4) is 0 Å². The summed E-state index contributed by atoms with van der Waals surface area (Å²) in [5.74, 6) is -1.36. The molecule has 9 heteroatoms. The van der Waals surface area contributed by atoms with E-state index in [1.54, 1.807) is 13.8 Å². The number of hydrogen-bond donors (Lipinski definition) is 0. The van der Waals surface area contributed by atoms with Gasteiger partial charge in [-0.2, -0.15) is 0 Å². The molecule has 0 N–H and O–H groups in total. The van der Waals surface area contributed by atoms with E-state index in [0.29, 0.717) is 11.3 Å². The van der Waals surface area contributed by atoms with Crippen LogP contribution in [0.5, 0.6) is 0 Å². The van der Waals surface area contributed by atoms with E-state index < -0.39 is 11.8 Å². The van der Waals surface area contributed by atoms with Gasteiger partial charge in [0.1, 0.15) is 0 Å². The van der Waals surface area contributed by atoms with Gasteiger partial charge < -0.3 is 4.52 Å². The molecule has 1 aromatic heterocycles. The first-order chi connectivity index (χ1) is 10.3. The summed E-state index contributed by atoms with van der Waals surface area (Å²) in [6.07, 6.45) is 0. The maximum Gasteiger partial charge on any atom is 0.270 e. The number of carbonyl (C=O) groups excluding carboxylic acids is 2. The van der Waals surface area contributed by atoms with Crippen molar-refractivity contribution in [2.75, 3.05) is 4.90 Å². The first kappa shape index (κ1) is 15.6. The van der Waals surface area contributed by atoms with Crippen LogP contribution in [0.25, 0.3) is 0 Å². The molecular weight excluding hydrogens is 374 g/mol. The maximum absolute atomic E-state index is 12.6. The summed E-state index contributed by atoms with van der Waals surface area (Å²) in [5, 5.41) is 3.32. The molecule has 0 unspecified atom stereocenters. The van der Waals surface area contributed by atoms with Crippen LogP contribution >= 0.6 is 46.4 Å². The second-order valence-corrected chi connectivity index (χ2v) is 6.16. The Morgan fingerprint density at radius 2 is 1.32 bits per heavy atom. The number of hydrogen-bond acceptors (Lipinski definition) is 4. The van der Waals surface area contributed by atoms with E-state index in [9.17, 15) is 9.59 Å². The fourth-order valence-corrected chi connectivity index (χ4v) is 3.16. The number of amides is 2. The number of anilines is 1. The predicted molar refractivity (Wildman–Crippen MR) is 83.6 cm³/mol. The van der Waals surface area contributed by atoms with Crippen molar-refractivity contribution >= 4 is 64.1 Å². The number of carbonyl (C=O) groups is 2. The Hall–Kier alpha value is -1.27. The lowest BCUT2D eigenvalue weighted by molar-refractivity contribution is 0.0917. The summed E-state index contributed by atoms with van der Waals surface area (Å²) >= 11 is 24.0. The number of benzene rings is 1. The normalized spacial score (nSPS) is 14.0. The molecule has 1 aliphatic rings. The van der Waals surface area contributed by atoms with Gasteiger partial charge in [0, 0.05) is 5.56 Å². The minimum atomic E-state index is -0.690. The molecule has 0 atom stereocenters. The molecule has 0 aliphatic carbocycles. The third-order valence-corrected chi connectivity index (χ3v) is 5.24. The summed E-state index contributed by atoms with van der Waals surface area (Å²) in [6, 6.07) is 0. The second-order valence-electron chi connectivity index (χ2n) is 4.65. The van der Waals surface area contributed by atoms with Crippen LogP contribution < -0.4 is 4.90 Å². The van der Waals surface area contributed by atoms with Gasteiger partial charge in [-0.15, -0.1) is 0 Å². The Bertz CT molecular complexity index is 813. The van der Waals surface area contributed by atoms with Crippen molar-refractivity contribution in [3.05, 3.63) is 42.5 Å². The number of aryl methyl sites for hydroxylation is 1. The van der Waals surface area contributed by atoms with Crippen LogP contribution in [-0.2, 0) is 0 Å². The maximum atomic E-state index is 12.6. The van der Waals surface area contributed by atoms with Crippen molar-refractivity contribution < 1.29 is 14.1 Å². The smallest absolute Gasteiger partial charge is 0.270 e. The predicted octanol–water partition coefficient (Wildman–Crippen LogP) is 4.71. The lowest BCUT2D eigenvalue weighted by atomic mass is 10.1. The van der Waals surface area contributed by atoms with Crippen molar-refractivity contribution in [1.82, 2.24) is 5.16 Å². The average Bonchev–Trinajstić information content (AvgIpc) is 2.93. The highest BCUT2D eigenvalue weighted by Crippen LogP contribution is 2.46. The molecular formula is C13H6Cl4N2O3. The molecule has 1 aromatic carbocycles. The fraction of sp³-hybridized carbons (Fsp3) is 0.154. The molecule has 3 rings (SSSR count). The minimum absolute atomic E-state index is 0.0167. The third kappa shape index (κ3) is 1.90. The highest BCUT2D eigenvalue weighted by molar-refractivity contribution is 6.56. The molecule has 0 saturated carbocycles. The Labute approximate surface area is 144 Å². The van der Waals surface area contributed by atoms with Gasteiger partial charge in [0.05, 0.1) is 36.9 Å². The number of aromatic nitrogens is 1. The van der Waals surface area contributed by atoms with Gasteiger partial charge >= 0.3 is 0 Å². The standard InChI is InChI=1S/C13H6Cl4N2O3/c1-3-4(2)18-22-13(3)19-11(20)5-6(12(19)21)8(15)10(17)9(16)7(5)14/h1-2H3. The van der Waals surface area contributed by atoms with Crippen LogP contribution in [-0.4, -0.2) is 17.0 Å². The monoisotopic (exact) mass is 378 g/mol.